The maximum Gasteiger partial charge on any atom is 0.266 e. The predicted octanol–water partition coefficient (Wildman–Crippen LogP) is 3.52. The monoisotopic (exact) mass is 493 g/mol. The van der Waals surface area contributed by atoms with Gasteiger partial charge in [0.25, 0.3) is 5.91 Å². The number of morpholine rings is 1. The molecule has 0 atom stereocenters. The van der Waals surface area contributed by atoms with Crippen molar-refractivity contribution in [2.45, 2.75) is 4.90 Å². The Kier molecular flexibility index (Phi) is 7.31. The number of anilines is 1. The molecule has 35 heavy (non-hydrogen) atoms. The molecule has 1 fully saturated rings. The van der Waals surface area contributed by atoms with E-state index in [1.54, 1.807) is 55.6 Å². The molecule has 1 amide bonds. The van der Waals surface area contributed by atoms with Crippen LogP contribution < -0.4 is 10.1 Å². The summed E-state index contributed by atoms with van der Waals surface area (Å²) in [6, 6.07) is 18.3. The van der Waals surface area contributed by atoms with Gasteiger partial charge in [0.2, 0.25) is 10.0 Å². The lowest BCUT2D eigenvalue weighted by Gasteiger charge is -2.26. The van der Waals surface area contributed by atoms with E-state index in [-0.39, 0.29) is 10.5 Å². The van der Waals surface area contributed by atoms with Gasteiger partial charge in [-0.25, -0.2) is 8.42 Å². The third kappa shape index (κ3) is 5.60. The molecule has 1 N–H and O–H groups in total. The normalized spacial score (nSPS) is 14.8. The molecule has 0 spiro atoms. The van der Waals surface area contributed by atoms with Gasteiger partial charge in [-0.05, 0) is 60.7 Å². The van der Waals surface area contributed by atoms with E-state index in [9.17, 15) is 18.5 Å². The van der Waals surface area contributed by atoms with E-state index in [4.69, 9.17) is 13.9 Å². The Morgan fingerprint density at radius 3 is 2.37 bits per heavy atom. The second kappa shape index (κ2) is 10.6. The molecule has 1 saturated heterocycles. The minimum Gasteiger partial charge on any atom is -0.497 e. The zero-order chi connectivity index (χ0) is 24.8. The van der Waals surface area contributed by atoms with Gasteiger partial charge in [-0.3, -0.25) is 4.79 Å². The van der Waals surface area contributed by atoms with Crippen molar-refractivity contribution in [1.82, 2.24) is 4.31 Å². The predicted molar refractivity (Wildman–Crippen MR) is 129 cm³/mol. The van der Waals surface area contributed by atoms with Gasteiger partial charge in [-0.1, -0.05) is 0 Å². The van der Waals surface area contributed by atoms with Crippen LogP contribution in [-0.2, 0) is 19.6 Å². The summed E-state index contributed by atoms with van der Waals surface area (Å²) in [6.07, 6.45) is 1.35. The van der Waals surface area contributed by atoms with E-state index >= 15 is 0 Å². The van der Waals surface area contributed by atoms with Crippen molar-refractivity contribution in [1.29, 1.82) is 5.26 Å². The van der Waals surface area contributed by atoms with Crippen LogP contribution in [0.5, 0.6) is 5.75 Å². The summed E-state index contributed by atoms with van der Waals surface area (Å²) in [5, 5.41) is 12.1. The van der Waals surface area contributed by atoms with Gasteiger partial charge in [0.05, 0.1) is 25.2 Å². The first-order valence-electron chi connectivity index (χ1n) is 10.8. The van der Waals surface area contributed by atoms with E-state index in [1.807, 2.05) is 6.07 Å². The molecule has 1 aromatic heterocycles. The lowest BCUT2D eigenvalue weighted by atomic mass is 10.2. The molecule has 1 aliphatic heterocycles. The third-order valence-corrected chi connectivity index (χ3v) is 7.29. The van der Waals surface area contributed by atoms with Crippen LogP contribution in [0.1, 0.15) is 5.76 Å². The number of hydrogen-bond donors (Lipinski definition) is 1. The molecule has 180 valence electrons. The molecule has 3 aromatic rings. The summed E-state index contributed by atoms with van der Waals surface area (Å²) in [5.74, 6) is 0.855. The van der Waals surface area contributed by atoms with Crippen molar-refractivity contribution in [2.75, 3.05) is 38.7 Å². The molecule has 1 aliphatic rings. The van der Waals surface area contributed by atoms with Gasteiger partial charge in [0.15, 0.2) is 0 Å². The maximum absolute atomic E-state index is 12.8. The Morgan fingerprint density at radius 2 is 1.74 bits per heavy atom. The second-order valence-electron chi connectivity index (χ2n) is 7.60. The maximum atomic E-state index is 12.8. The molecule has 9 nitrogen and oxygen atoms in total. The lowest BCUT2D eigenvalue weighted by Crippen LogP contribution is -2.40. The van der Waals surface area contributed by atoms with Crippen molar-refractivity contribution in [3.63, 3.8) is 0 Å². The molecule has 2 heterocycles. The first-order valence-corrected chi connectivity index (χ1v) is 12.2. The highest BCUT2D eigenvalue weighted by Crippen LogP contribution is 2.26. The van der Waals surface area contributed by atoms with Gasteiger partial charge in [0.1, 0.15) is 28.9 Å². The van der Waals surface area contributed by atoms with Crippen LogP contribution in [0.2, 0.25) is 0 Å². The first kappa shape index (κ1) is 24.2. The number of furan rings is 1. The Balaban J connectivity index is 1.47. The molecular weight excluding hydrogens is 470 g/mol. The van der Waals surface area contributed by atoms with Crippen molar-refractivity contribution in [2.24, 2.45) is 0 Å². The summed E-state index contributed by atoms with van der Waals surface area (Å²) in [7, 11) is -2.04. The Labute approximate surface area is 203 Å². The number of ether oxygens (including phenoxy) is 2. The standard InChI is InChI=1S/C25H23N3O6S/c1-32-21-6-4-20(5-7-21)27-25(29)19(17-26)16-22-8-11-24(34-22)18-2-9-23(10-3-18)35(30,31)28-12-14-33-15-13-28/h2-11,16H,12-15H2,1H3,(H,27,29)/b19-16+. The van der Waals surface area contributed by atoms with E-state index in [2.05, 4.69) is 5.32 Å². The van der Waals surface area contributed by atoms with E-state index in [1.165, 1.54) is 22.5 Å². The number of amides is 1. The fourth-order valence-corrected chi connectivity index (χ4v) is 4.88. The number of nitrogens with zero attached hydrogens (tertiary/aromatic N) is 2. The fraction of sp³-hybridized carbons (Fsp3) is 0.200. The summed E-state index contributed by atoms with van der Waals surface area (Å²) in [5.41, 5.74) is 1.05. The Hall–Kier alpha value is -3.91. The van der Waals surface area contributed by atoms with Gasteiger partial charge < -0.3 is 19.2 Å². The topological polar surface area (TPSA) is 122 Å². The second-order valence-corrected chi connectivity index (χ2v) is 9.53. The van der Waals surface area contributed by atoms with Crippen LogP contribution in [0.15, 0.2) is 75.5 Å². The van der Waals surface area contributed by atoms with Crippen LogP contribution in [0.25, 0.3) is 17.4 Å². The summed E-state index contributed by atoms with van der Waals surface area (Å²) in [6.45, 7) is 1.40. The van der Waals surface area contributed by atoms with Crippen LogP contribution in [0.4, 0.5) is 5.69 Å². The minimum atomic E-state index is -3.59. The van der Waals surface area contributed by atoms with Crippen molar-refractivity contribution in [3.8, 4) is 23.1 Å². The summed E-state index contributed by atoms with van der Waals surface area (Å²) in [4.78, 5) is 12.7. The van der Waals surface area contributed by atoms with E-state index in [0.29, 0.717) is 54.8 Å². The number of benzene rings is 2. The number of nitriles is 1. The number of carbonyl (C=O) groups excluding carboxylic acids is 1. The zero-order valence-electron chi connectivity index (χ0n) is 18.9. The number of nitrogens with one attached hydrogen (secondary N) is 1. The quantitative estimate of drug-likeness (QED) is 0.395. The number of methoxy groups -OCH3 is 1. The highest BCUT2D eigenvalue weighted by atomic mass is 32.2. The zero-order valence-corrected chi connectivity index (χ0v) is 19.7. The van der Waals surface area contributed by atoms with Gasteiger partial charge >= 0.3 is 0 Å². The van der Waals surface area contributed by atoms with E-state index in [0.717, 1.165) is 0 Å². The highest BCUT2D eigenvalue weighted by Gasteiger charge is 2.26. The SMILES string of the molecule is COc1ccc(NC(=O)/C(C#N)=C/c2ccc(-c3ccc(S(=O)(=O)N4CCOCC4)cc3)o2)cc1. The van der Waals surface area contributed by atoms with Crippen LogP contribution >= 0.6 is 0 Å². The highest BCUT2D eigenvalue weighted by molar-refractivity contribution is 7.89. The number of hydrogen-bond acceptors (Lipinski definition) is 7. The largest absolute Gasteiger partial charge is 0.497 e. The average molecular weight is 494 g/mol. The molecule has 10 heteroatoms. The number of rotatable bonds is 7. The van der Waals surface area contributed by atoms with Crippen molar-refractivity contribution >= 4 is 27.7 Å². The Bertz CT molecular complexity index is 1360. The van der Waals surface area contributed by atoms with Crippen LogP contribution in [-0.4, -0.2) is 52.0 Å². The summed E-state index contributed by atoms with van der Waals surface area (Å²) >= 11 is 0. The lowest BCUT2D eigenvalue weighted by molar-refractivity contribution is -0.112. The third-order valence-electron chi connectivity index (χ3n) is 5.37. The molecular formula is C25H23N3O6S. The molecule has 0 radical (unpaired) electrons. The average Bonchev–Trinajstić information content (AvgIpc) is 3.37. The molecule has 2 aromatic carbocycles. The molecule has 0 unspecified atom stereocenters. The van der Waals surface area contributed by atoms with Crippen LogP contribution in [0.3, 0.4) is 0 Å². The minimum absolute atomic E-state index is 0.131. The van der Waals surface area contributed by atoms with E-state index < -0.39 is 15.9 Å². The van der Waals surface area contributed by atoms with Crippen molar-refractivity contribution < 1.29 is 27.1 Å². The summed E-state index contributed by atoms with van der Waals surface area (Å²) < 4.78 is 43.1. The molecule has 4 rings (SSSR count). The Morgan fingerprint density at radius 1 is 1.06 bits per heavy atom. The van der Waals surface area contributed by atoms with Gasteiger partial charge in [0, 0.05) is 30.4 Å². The molecule has 0 saturated carbocycles. The smallest absolute Gasteiger partial charge is 0.266 e. The van der Waals surface area contributed by atoms with Crippen LogP contribution in [0, 0.1) is 11.3 Å². The van der Waals surface area contributed by atoms with Gasteiger partial charge in [-0.2, -0.15) is 9.57 Å². The first-order chi connectivity index (χ1) is 16.9. The van der Waals surface area contributed by atoms with Crippen molar-refractivity contribution in [3.05, 3.63) is 72.0 Å². The fourth-order valence-electron chi connectivity index (χ4n) is 3.48. The number of carbonyl (C=O) groups is 1. The number of sulfonamides is 1. The van der Waals surface area contributed by atoms with Gasteiger partial charge in [-0.15, -0.1) is 0 Å². The molecule has 0 bridgehead atoms. The molecule has 0 aliphatic carbocycles.